The monoisotopic (exact) mass is 289 g/mol. The van der Waals surface area contributed by atoms with E-state index in [1.807, 2.05) is 6.07 Å². The second-order valence-corrected chi connectivity index (χ2v) is 5.93. The molecule has 0 N–H and O–H groups in total. The van der Waals surface area contributed by atoms with Crippen LogP contribution in [0.2, 0.25) is 5.32 Å². The number of hydrogen-bond donors (Lipinski definition) is 0. The molecular weight excluding hydrogens is 273 g/mol. The number of benzene rings is 2. The fraction of sp³-hybridized carbons (Fsp3) is 0.133. The number of rotatable bonds is 5. The van der Waals surface area contributed by atoms with E-state index in [2.05, 4.69) is 65.8 Å². The molecule has 0 fully saturated rings. The van der Waals surface area contributed by atoms with E-state index >= 15 is 0 Å². The van der Waals surface area contributed by atoms with Gasteiger partial charge >= 0.3 is 109 Å². The molecule has 0 spiro atoms. The average Bonchev–Trinajstić information content (AvgIpc) is 2.41. The zero-order valence-corrected chi connectivity index (χ0v) is 11.3. The molecule has 86 valence electrons. The van der Waals surface area contributed by atoms with Crippen molar-refractivity contribution >= 4 is 25.6 Å². The first-order chi connectivity index (χ1) is 8.45. The minimum absolute atomic E-state index is 0.515. The van der Waals surface area contributed by atoms with E-state index in [-0.39, 0.29) is 0 Å². The second-order valence-electron chi connectivity index (χ2n) is 3.63. The molecule has 0 aromatic heterocycles. The van der Waals surface area contributed by atoms with E-state index in [1.54, 1.807) is 0 Å². The first-order valence-corrected chi connectivity index (χ1v) is 7.72. The van der Waals surface area contributed by atoms with Crippen LogP contribution >= 0.6 is 0 Å². The molecule has 0 saturated carbocycles. The van der Waals surface area contributed by atoms with E-state index in [0.717, 1.165) is 11.9 Å². The fourth-order valence-electron chi connectivity index (χ4n) is 1.46. The van der Waals surface area contributed by atoms with Gasteiger partial charge in [0.25, 0.3) is 0 Å². The molecule has 17 heavy (non-hydrogen) atoms. The summed E-state index contributed by atoms with van der Waals surface area (Å²) in [5.74, 6) is 0. The van der Waals surface area contributed by atoms with E-state index in [0.29, 0.717) is 15.0 Å². The van der Waals surface area contributed by atoms with Crippen molar-refractivity contribution in [1.29, 1.82) is 0 Å². The van der Waals surface area contributed by atoms with Crippen LogP contribution in [0.25, 0.3) is 0 Å². The van der Waals surface area contributed by atoms with Gasteiger partial charge in [-0.1, -0.05) is 0 Å². The third-order valence-corrected chi connectivity index (χ3v) is 4.25. The van der Waals surface area contributed by atoms with Gasteiger partial charge in [0.1, 0.15) is 0 Å². The van der Waals surface area contributed by atoms with Crippen molar-refractivity contribution in [2.45, 2.75) is 11.9 Å². The summed E-state index contributed by atoms with van der Waals surface area (Å²) in [6.07, 6.45) is 2.06. The van der Waals surface area contributed by atoms with Gasteiger partial charge in [-0.05, 0) is 0 Å². The van der Waals surface area contributed by atoms with Gasteiger partial charge in [-0.15, -0.1) is 0 Å². The van der Waals surface area contributed by atoms with E-state index < -0.39 is 0 Å². The van der Waals surface area contributed by atoms with Gasteiger partial charge in [-0.3, -0.25) is 0 Å². The summed E-state index contributed by atoms with van der Waals surface area (Å²) in [5, 5.41) is 1.07. The SMILES string of the molecule is C(C[Se]c1ccccc1)=NCc1ccccc1. The molecule has 0 aliphatic rings. The Morgan fingerprint density at radius 2 is 1.53 bits per heavy atom. The third kappa shape index (κ3) is 4.56. The van der Waals surface area contributed by atoms with Crippen LogP contribution in [0.15, 0.2) is 65.7 Å². The Labute approximate surface area is 109 Å². The molecule has 0 aliphatic carbocycles. The number of nitrogens with zero attached hydrogens (tertiary/aromatic N) is 1. The Bertz CT molecular complexity index is 451. The first kappa shape index (κ1) is 12.1. The van der Waals surface area contributed by atoms with Gasteiger partial charge in [-0.2, -0.15) is 0 Å². The Balaban J connectivity index is 1.72. The number of aliphatic imine (C=N–C) groups is 1. The van der Waals surface area contributed by atoms with Gasteiger partial charge in [0.2, 0.25) is 0 Å². The van der Waals surface area contributed by atoms with Crippen LogP contribution in [0.4, 0.5) is 0 Å². The molecule has 1 nitrogen and oxygen atoms in total. The van der Waals surface area contributed by atoms with Crippen LogP contribution in [-0.2, 0) is 6.54 Å². The van der Waals surface area contributed by atoms with E-state index in [9.17, 15) is 0 Å². The summed E-state index contributed by atoms with van der Waals surface area (Å²) in [6, 6.07) is 21.0. The summed E-state index contributed by atoms with van der Waals surface area (Å²) in [5.41, 5.74) is 1.27. The Morgan fingerprint density at radius 3 is 2.24 bits per heavy atom. The van der Waals surface area contributed by atoms with Crippen molar-refractivity contribution in [2.75, 3.05) is 0 Å². The second kappa shape index (κ2) is 7.05. The zero-order valence-electron chi connectivity index (χ0n) is 9.62. The van der Waals surface area contributed by atoms with Crippen molar-refractivity contribution in [3.63, 3.8) is 0 Å². The molecule has 0 aliphatic heterocycles. The normalized spacial score (nSPS) is 10.8. The van der Waals surface area contributed by atoms with Gasteiger partial charge in [0.15, 0.2) is 0 Å². The van der Waals surface area contributed by atoms with Crippen LogP contribution in [-0.4, -0.2) is 21.2 Å². The molecule has 0 unspecified atom stereocenters. The molecule has 2 rings (SSSR count). The molecule has 0 saturated heterocycles. The van der Waals surface area contributed by atoms with Crippen molar-refractivity contribution in [3.05, 3.63) is 66.2 Å². The van der Waals surface area contributed by atoms with Crippen LogP contribution in [0, 0.1) is 0 Å². The summed E-state index contributed by atoms with van der Waals surface area (Å²) in [4.78, 5) is 4.45. The van der Waals surface area contributed by atoms with Crippen LogP contribution < -0.4 is 4.46 Å². The van der Waals surface area contributed by atoms with Gasteiger partial charge in [0, 0.05) is 0 Å². The number of hydrogen-bond acceptors (Lipinski definition) is 1. The molecule has 0 radical (unpaired) electrons. The van der Waals surface area contributed by atoms with Crippen LogP contribution in [0.1, 0.15) is 5.56 Å². The molecule has 0 bridgehead atoms. The summed E-state index contributed by atoms with van der Waals surface area (Å²) in [6.45, 7) is 0.797. The molecule has 2 aromatic carbocycles. The predicted molar refractivity (Wildman–Crippen MR) is 75.3 cm³/mol. The van der Waals surface area contributed by atoms with Crippen molar-refractivity contribution in [3.8, 4) is 0 Å². The average molecular weight is 288 g/mol. The molecule has 2 aromatic rings. The van der Waals surface area contributed by atoms with Crippen molar-refractivity contribution in [2.24, 2.45) is 4.99 Å². The fourth-order valence-corrected chi connectivity index (χ4v) is 2.97. The van der Waals surface area contributed by atoms with Gasteiger partial charge in [-0.25, -0.2) is 0 Å². The van der Waals surface area contributed by atoms with E-state index in [4.69, 9.17) is 0 Å². The molecule has 0 amide bonds. The Morgan fingerprint density at radius 1 is 0.882 bits per heavy atom. The summed E-state index contributed by atoms with van der Waals surface area (Å²) >= 11 is 0.515. The standard InChI is InChI=1S/C15H15NSe/c1-3-7-14(8-4-1)13-16-11-12-17-15-9-5-2-6-10-15/h1-11H,12-13H2. The van der Waals surface area contributed by atoms with Gasteiger partial charge in [0.05, 0.1) is 0 Å². The maximum atomic E-state index is 4.45. The summed E-state index contributed by atoms with van der Waals surface area (Å²) < 4.78 is 1.44. The Hall–Kier alpha value is -1.37. The maximum absolute atomic E-state index is 4.45. The predicted octanol–water partition coefficient (Wildman–Crippen LogP) is 2.71. The van der Waals surface area contributed by atoms with Crippen molar-refractivity contribution < 1.29 is 0 Å². The Kier molecular flexibility index (Phi) is 5.02. The molecular formula is C15H15NSe. The molecule has 0 atom stereocenters. The molecule has 0 heterocycles. The third-order valence-electron chi connectivity index (χ3n) is 2.31. The van der Waals surface area contributed by atoms with Crippen LogP contribution in [0.3, 0.4) is 0 Å². The zero-order chi connectivity index (χ0) is 11.8. The van der Waals surface area contributed by atoms with Gasteiger partial charge < -0.3 is 0 Å². The minimum atomic E-state index is 0.515. The first-order valence-electron chi connectivity index (χ1n) is 5.65. The van der Waals surface area contributed by atoms with E-state index in [1.165, 1.54) is 10.0 Å². The molecule has 2 heteroatoms. The van der Waals surface area contributed by atoms with Crippen LogP contribution in [0.5, 0.6) is 0 Å². The van der Waals surface area contributed by atoms with Crippen molar-refractivity contribution in [1.82, 2.24) is 0 Å². The summed E-state index contributed by atoms with van der Waals surface area (Å²) in [7, 11) is 0. The quantitative estimate of drug-likeness (QED) is 0.592. The topological polar surface area (TPSA) is 12.4 Å².